The molecule has 0 unspecified atom stereocenters. The molecule has 6 nitrogen and oxygen atoms in total. The van der Waals surface area contributed by atoms with Crippen molar-refractivity contribution in [2.45, 2.75) is 39.2 Å². The van der Waals surface area contributed by atoms with Crippen LogP contribution in [0, 0.1) is 18.3 Å². The quantitative estimate of drug-likeness (QED) is 0.822. The second-order valence-electron chi connectivity index (χ2n) is 7.24. The third kappa shape index (κ3) is 3.50. The maximum atomic E-state index is 13.0. The molecule has 4 rings (SSSR count). The van der Waals surface area contributed by atoms with Crippen molar-refractivity contribution in [3.63, 3.8) is 0 Å². The first-order chi connectivity index (χ1) is 13.2. The summed E-state index contributed by atoms with van der Waals surface area (Å²) in [6.45, 7) is 5.14. The largest absolute Gasteiger partial charge is 0.356 e. The molecule has 1 aromatic carbocycles. The number of piperidine rings is 1. The van der Waals surface area contributed by atoms with E-state index >= 15 is 0 Å². The van der Waals surface area contributed by atoms with E-state index in [2.05, 4.69) is 16.0 Å². The van der Waals surface area contributed by atoms with Gasteiger partial charge in [0.2, 0.25) is 0 Å². The van der Waals surface area contributed by atoms with Crippen LogP contribution >= 0.6 is 0 Å². The van der Waals surface area contributed by atoms with Gasteiger partial charge in [-0.2, -0.15) is 5.26 Å². The predicted molar refractivity (Wildman–Crippen MR) is 102 cm³/mol. The third-order valence-electron chi connectivity index (χ3n) is 5.33. The van der Waals surface area contributed by atoms with Gasteiger partial charge >= 0.3 is 0 Å². The number of rotatable bonds is 2. The monoisotopic (exact) mass is 361 g/mol. The summed E-state index contributed by atoms with van der Waals surface area (Å²) < 4.78 is 0. The number of anilines is 1. The second kappa shape index (κ2) is 7.36. The van der Waals surface area contributed by atoms with Gasteiger partial charge < -0.3 is 9.80 Å². The summed E-state index contributed by atoms with van der Waals surface area (Å²) in [6, 6.07) is 9.01. The average Bonchev–Trinajstić information content (AvgIpc) is 2.73. The molecule has 6 heteroatoms. The highest BCUT2D eigenvalue weighted by molar-refractivity contribution is 5.94. The van der Waals surface area contributed by atoms with E-state index in [0.717, 1.165) is 42.4 Å². The van der Waals surface area contributed by atoms with Crippen LogP contribution in [0.3, 0.4) is 0 Å². The van der Waals surface area contributed by atoms with Crippen LogP contribution in [0.1, 0.15) is 52.3 Å². The van der Waals surface area contributed by atoms with Crippen molar-refractivity contribution in [1.82, 2.24) is 14.9 Å². The Labute approximate surface area is 159 Å². The molecule has 2 aliphatic rings. The summed E-state index contributed by atoms with van der Waals surface area (Å²) in [5, 5.41) is 9.09. The predicted octanol–water partition coefficient (Wildman–Crippen LogP) is 2.85. The summed E-state index contributed by atoms with van der Waals surface area (Å²) in [5.74, 6) is 1.76. The lowest BCUT2D eigenvalue weighted by Crippen LogP contribution is -2.39. The SMILES string of the molecule is Cc1nc2c(c(N3CCCCC3)n1)CN(C(=O)c1cccc(C#N)c1)CC2. The van der Waals surface area contributed by atoms with Crippen molar-refractivity contribution in [1.29, 1.82) is 5.26 Å². The van der Waals surface area contributed by atoms with E-state index in [1.807, 2.05) is 11.8 Å². The van der Waals surface area contributed by atoms with Crippen LogP contribution in [0.2, 0.25) is 0 Å². The van der Waals surface area contributed by atoms with Crippen LogP contribution in [0.15, 0.2) is 24.3 Å². The molecule has 0 bridgehead atoms. The third-order valence-corrected chi connectivity index (χ3v) is 5.33. The van der Waals surface area contributed by atoms with E-state index < -0.39 is 0 Å². The Morgan fingerprint density at radius 1 is 1.15 bits per heavy atom. The molecule has 1 saturated heterocycles. The molecule has 1 fully saturated rings. The highest BCUT2D eigenvalue weighted by atomic mass is 16.2. The Balaban J connectivity index is 1.63. The lowest BCUT2D eigenvalue weighted by atomic mass is 10.0. The number of benzene rings is 1. The van der Waals surface area contributed by atoms with Gasteiger partial charge in [-0.1, -0.05) is 6.07 Å². The Kier molecular flexibility index (Phi) is 4.76. The molecule has 0 aliphatic carbocycles. The number of fused-ring (bicyclic) bond motifs is 1. The first-order valence-corrected chi connectivity index (χ1v) is 9.56. The molecule has 3 heterocycles. The first kappa shape index (κ1) is 17.5. The molecular formula is C21H23N5O. The van der Waals surface area contributed by atoms with Crippen LogP contribution < -0.4 is 4.90 Å². The zero-order chi connectivity index (χ0) is 18.8. The van der Waals surface area contributed by atoms with E-state index in [4.69, 9.17) is 10.2 Å². The Hall–Kier alpha value is -2.94. The number of hydrogen-bond donors (Lipinski definition) is 0. The lowest BCUT2D eigenvalue weighted by molar-refractivity contribution is 0.0733. The maximum absolute atomic E-state index is 13.0. The van der Waals surface area contributed by atoms with Crippen molar-refractivity contribution in [2.75, 3.05) is 24.5 Å². The zero-order valence-corrected chi connectivity index (χ0v) is 15.6. The molecule has 27 heavy (non-hydrogen) atoms. The van der Waals surface area contributed by atoms with Crippen molar-refractivity contribution in [3.05, 3.63) is 52.5 Å². The molecule has 0 spiro atoms. The van der Waals surface area contributed by atoms with Crippen LogP contribution in [-0.2, 0) is 13.0 Å². The van der Waals surface area contributed by atoms with Gasteiger partial charge in [0.25, 0.3) is 5.91 Å². The zero-order valence-electron chi connectivity index (χ0n) is 15.6. The average molecular weight is 361 g/mol. The normalized spacial score (nSPS) is 16.6. The number of amides is 1. The molecule has 2 aliphatic heterocycles. The molecule has 0 N–H and O–H groups in total. The lowest BCUT2D eigenvalue weighted by Gasteiger charge is -2.34. The summed E-state index contributed by atoms with van der Waals surface area (Å²) in [4.78, 5) is 26.6. The van der Waals surface area contributed by atoms with E-state index in [-0.39, 0.29) is 5.91 Å². The second-order valence-corrected chi connectivity index (χ2v) is 7.24. The van der Waals surface area contributed by atoms with Gasteiger partial charge in [0.05, 0.1) is 23.9 Å². The molecule has 2 aromatic rings. The highest BCUT2D eigenvalue weighted by Gasteiger charge is 2.28. The summed E-state index contributed by atoms with van der Waals surface area (Å²) in [6.07, 6.45) is 4.37. The van der Waals surface area contributed by atoms with Crippen molar-refractivity contribution >= 4 is 11.7 Å². The van der Waals surface area contributed by atoms with Gasteiger partial charge in [-0.15, -0.1) is 0 Å². The number of carbonyl (C=O) groups is 1. The minimum Gasteiger partial charge on any atom is -0.356 e. The topological polar surface area (TPSA) is 73.1 Å². The van der Waals surface area contributed by atoms with E-state index in [1.165, 1.54) is 19.3 Å². The minimum absolute atomic E-state index is 0.0390. The fourth-order valence-electron chi connectivity index (χ4n) is 3.96. The summed E-state index contributed by atoms with van der Waals surface area (Å²) in [7, 11) is 0. The molecule has 0 radical (unpaired) electrons. The van der Waals surface area contributed by atoms with Gasteiger partial charge in [-0.05, 0) is 44.4 Å². The molecule has 138 valence electrons. The van der Waals surface area contributed by atoms with Gasteiger partial charge in [0, 0.05) is 37.2 Å². The smallest absolute Gasteiger partial charge is 0.254 e. The van der Waals surface area contributed by atoms with E-state index in [1.54, 1.807) is 24.3 Å². The number of aromatic nitrogens is 2. The van der Waals surface area contributed by atoms with Gasteiger partial charge in [-0.25, -0.2) is 9.97 Å². The Morgan fingerprint density at radius 2 is 1.96 bits per heavy atom. The van der Waals surface area contributed by atoms with Crippen LogP contribution in [0.5, 0.6) is 0 Å². The number of nitrogens with zero attached hydrogens (tertiary/aromatic N) is 5. The van der Waals surface area contributed by atoms with E-state index in [0.29, 0.717) is 24.2 Å². The Bertz CT molecular complexity index is 911. The number of hydrogen-bond acceptors (Lipinski definition) is 5. The fraction of sp³-hybridized carbons (Fsp3) is 0.429. The summed E-state index contributed by atoms with van der Waals surface area (Å²) >= 11 is 0. The van der Waals surface area contributed by atoms with Crippen molar-refractivity contribution in [2.24, 2.45) is 0 Å². The van der Waals surface area contributed by atoms with Gasteiger partial charge in [-0.3, -0.25) is 4.79 Å². The molecule has 0 atom stereocenters. The van der Waals surface area contributed by atoms with E-state index in [9.17, 15) is 4.79 Å². The molecular weight excluding hydrogens is 338 g/mol. The van der Waals surface area contributed by atoms with Crippen LogP contribution in [-0.4, -0.2) is 40.4 Å². The standard InChI is InChI=1S/C21H23N5O/c1-15-23-19-8-11-26(21(27)17-7-5-6-16(12-17)13-22)14-18(19)20(24-15)25-9-3-2-4-10-25/h5-7,12H,2-4,8-11,14H2,1H3. The number of nitriles is 1. The Morgan fingerprint density at radius 3 is 2.74 bits per heavy atom. The van der Waals surface area contributed by atoms with Crippen molar-refractivity contribution in [3.8, 4) is 6.07 Å². The fourth-order valence-corrected chi connectivity index (χ4v) is 3.96. The first-order valence-electron chi connectivity index (χ1n) is 9.56. The minimum atomic E-state index is -0.0390. The van der Waals surface area contributed by atoms with Crippen LogP contribution in [0.4, 0.5) is 5.82 Å². The highest BCUT2D eigenvalue weighted by Crippen LogP contribution is 2.29. The maximum Gasteiger partial charge on any atom is 0.254 e. The summed E-state index contributed by atoms with van der Waals surface area (Å²) in [5.41, 5.74) is 3.22. The number of carbonyl (C=O) groups excluding carboxylic acids is 1. The molecule has 1 amide bonds. The van der Waals surface area contributed by atoms with Gasteiger partial charge in [0.15, 0.2) is 0 Å². The molecule has 1 aromatic heterocycles. The van der Waals surface area contributed by atoms with Gasteiger partial charge in [0.1, 0.15) is 11.6 Å². The van der Waals surface area contributed by atoms with Crippen LogP contribution in [0.25, 0.3) is 0 Å². The molecule has 0 saturated carbocycles. The number of aryl methyl sites for hydroxylation is 1. The van der Waals surface area contributed by atoms with Crippen molar-refractivity contribution < 1.29 is 4.79 Å².